The number of nitrogens with zero attached hydrogens (tertiary/aromatic N) is 4. The van der Waals surface area contributed by atoms with Gasteiger partial charge in [-0.2, -0.15) is 5.10 Å². The Kier molecular flexibility index (Phi) is 2.60. The van der Waals surface area contributed by atoms with Crippen LogP contribution in [0.5, 0.6) is 0 Å². The van der Waals surface area contributed by atoms with Crippen molar-refractivity contribution in [1.82, 2.24) is 14.6 Å². The quantitative estimate of drug-likeness (QED) is 0.785. The van der Waals surface area contributed by atoms with E-state index >= 15 is 0 Å². The second kappa shape index (κ2) is 4.26. The number of amides is 1. The SMILES string of the molecule is NC(=O)c1cnn2ccnc2c1N1CCOCC1. The van der Waals surface area contributed by atoms with Gasteiger partial charge in [-0.05, 0) is 0 Å². The highest BCUT2D eigenvalue weighted by molar-refractivity contribution is 6.01. The van der Waals surface area contributed by atoms with Gasteiger partial charge in [0.1, 0.15) is 0 Å². The van der Waals surface area contributed by atoms with Crippen molar-refractivity contribution in [1.29, 1.82) is 0 Å². The van der Waals surface area contributed by atoms with Crippen molar-refractivity contribution in [3.05, 3.63) is 24.2 Å². The molecule has 0 unspecified atom stereocenters. The standard InChI is InChI=1S/C11H13N5O2/c12-10(17)8-7-14-16-2-1-13-11(16)9(8)15-3-5-18-6-4-15/h1-2,7H,3-6H2,(H2,12,17). The number of morpholine rings is 1. The van der Waals surface area contributed by atoms with Gasteiger partial charge in [-0.1, -0.05) is 0 Å². The molecule has 3 heterocycles. The lowest BCUT2D eigenvalue weighted by Crippen LogP contribution is -2.38. The normalized spacial score (nSPS) is 16.1. The Bertz CT molecular complexity index is 588. The summed E-state index contributed by atoms with van der Waals surface area (Å²) in [5.41, 5.74) is 7.19. The predicted octanol–water partition coefficient (Wildman–Crippen LogP) is -0.335. The molecule has 0 bridgehead atoms. The molecule has 3 rings (SSSR count). The first-order valence-electron chi connectivity index (χ1n) is 5.72. The van der Waals surface area contributed by atoms with Crippen LogP contribution >= 0.6 is 0 Å². The van der Waals surface area contributed by atoms with Crippen LogP contribution in [0.1, 0.15) is 10.4 Å². The molecule has 1 saturated heterocycles. The number of fused-ring (bicyclic) bond motifs is 1. The molecular formula is C11H13N5O2. The topological polar surface area (TPSA) is 85.8 Å². The number of rotatable bonds is 2. The van der Waals surface area contributed by atoms with Gasteiger partial charge in [-0.3, -0.25) is 4.79 Å². The van der Waals surface area contributed by atoms with Crippen LogP contribution in [0.2, 0.25) is 0 Å². The Labute approximate surface area is 103 Å². The maximum Gasteiger partial charge on any atom is 0.252 e. The Hall–Kier alpha value is -2.15. The monoisotopic (exact) mass is 247 g/mol. The van der Waals surface area contributed by atoms with Crippen molar-refractivity contribution >= 4 is 17.2 Å². The molecule has 2 aromatic rings. The summed E-state index contributed by atoms with van der Waals surface area (Å²) >= 11 is 0. The maximum absolute atomic E-state index is 11.5. The van der Waals surface area contributed by atoms with Crippen LogP contribution in [0.3, 0.4) is 0 Å². The summed E-state index contributed by atoms with van der Waals surface area (Å²) in [6, 6.07) is 0. The summed E-state index contributed by atoms with van der Waals surface area (Å²) in [4.78, 5) is 17.8. The first kappa shape index (κ1) is 11.0. The minimum Gasteiger partial charge on any atom is -0.378 e. The average molecular weight is 247 g/mol. The Morgan fingerprint density at radius 2 is 2.17 bits per heavy atom. The molecule has 1 fully saturated rings. The first-order chi connectivity index (χ1) is 8.77. The number of primary amides is 1. The molecule has 2 aromatic heterocycles. The number of imidazole rings is 1. The predicted molar refractivity (Wildman–Crippen MR) is 64.5 cm³/mol. The number of carbonyl (C=O) groups is 1. The summed E-state index contributed by atoms with van der Waals surface area (Å²) in [5, 5.41) is 4.11. The summed E-state index contributed by atoms with van der Waals surface area (Å²) in [6.45, 7) is 2.69. The number of carbonyl (C=O) groups excluding carboxylic acids is 1. The van der Waals surface area contributed by atoms with Crippen LogP contribution in [0.25, 0.3) is 5.65 Å². The van der Waals surface area contributed by atoms with Gasteiger partial charge in [0, 0.05) is 25.5 Å². The van der Waals surface area contributed by atoms with Crippen molar-refractivity contribution < 1.29 is 9.53 Å². The number of anilines is 1. The molecule has 0 aromatic carbocycles. The molecule has 94 valence electrons. The zero-order valence-electron chi connectivity index (χ0n) is 9.74. The third-order valence-electron chi connectivity index (χ3n) is 2.99. The highest BCUT2D eigenvalue weighted by Crippen LogP contribution is 2.25. The van der Waals surface area contributed by atoms with E-state index in [1.165, 1.54) is 6.20 Å². The molecule has 1 amide bonds. The van der Waals surface area contributed by atoms with Gasteiger partial charge in [0.25, 0.3) is 5.91 Å². The van der Waals surface area contributed by atoms with E-state index < -0.39 is 5.91 Å². The summed E-state index contributed by atoms with van der Waals surface area (Å²) in [6.07, 6.45) is 4.88. The third-order valence-corrected chi connectivity index (χ3v) is 2.99. The van der Waals surface area contributed by atoms with Crippen molar-refractivity contribution in [3.8, 4) is 0 Å². The summed E-state index contributed by atoms with van der Waals surface area (Å²) in [7, 11) is 0. The van der Waals surface area contributed by atoms with E-state index in [-0.39, 0.29) is 0 Å². The van der Waals surface area contributed by atoms with E-state index in [0.29, 0.717) is 37.5 Å². The van der Waals surface area contributed by atoms with E-state index in [0.717, 1.165) is 5.69 Å². The highest BCUT2D eigenvalue weighted by atomic mass is 16.5. The van der Waals surface area contributed by atoms with Gasteiger partial charge in [-0.15, -0.1) is 0 Å². The molecule has 2 N–H and O–H groups in total. The molecule has 7 nitrogen and oxygen atoms in total. The molecule has 18 heavy (non-hydrogen) atoms. The molecule has 0 atom stereocenters. The van der Waals surface area contributed by atoms with Crippen LogP contribution in [-0.2, 0) is 4.74 Å². The summed E-state index contributed by atoms with van der Waals surface area (Å²) < 4.78 is 6.95. The molecule has 0 radical (unpaired) electrons. The molecule has 7 heteroatoms. The second-order valence-electron chi connectivity index (χ2n) is 4.07. The highest BCUT2D eigenvalue weighted by Gasteiger charge is 2.21. The molecule has 0 saturated carbocycles. The van der Waals surface area contributed by atoms with Gasteiger partial charge in [0.2, 0.25) is 0 Å². The molecule has 0 aliphatic carbocycles. The Morgan fingerprint density at radius 1 is 1.39 bits per heavy atom. The van der Waals surface area contributed by atoms with Crippen LogP contribution in [-0.4, -0.2) is 46.8 Å². The van der Waals surface area contributed by atoms with Crippen LogP contribution in [0.15, 0.2) is 18.6 Å². The van der Waals surface area contributed by atoms with Gasteiger partial charge >= 0.3 is 0 Å². The van der Waals surface area contributed by atoms with Crippen molar-refractivity contribution in [2.24, 2.45) is 5.73 Å². The molecule has 1 aliphatic rings. The van der Waals surface area contributed by atoms with E-state index in [2.05, 4.69) is 15.0 Å². The largest absolute Gasteiger partial charge is 0.378 e. The average Bonchev–Trinajstić information content (AvgIpc) is 2.86. The number of hydrogen-bond acceptors (Lipinski definition) is 5. The molecule has 1 aliphatic heterocycles. The fourth-order valence-corrected chi connectivity index (χ4v) is 2.14. The Balaban J connectivity index is 2.18. The van der Waals surface area contributed by atoms with E-state index in [9.17, 15) is 4.79 Å². The van der Waals surface area contributed by atoms with Gasteiger partial charge in [0.15, 0.2) is 5.65 Å². The van der Waals surface area contributed by atoms with Crippen molar-refractivity contribution in [2.75, 3.05) is 31.2 Å². The zero-order chi connectivity index (χ0) is 12.5. The van der Waals surface area contributed by atoms with Gasteiger partial charge in [0.05, 0.1) is 30.7 Å². The van der Waals surface area contributed by atoms with Gasteiger partial charge in [-0.25, -0.2) is 9.50 Å². The van der Waals surface area contributed by atoms with E-state index in [1.54, 1.807) is 16.9 Å². The van der Waals surface area contributed by atoms with Crippen LogP contribution in [0.4, 0.5) is 5.69 Å². The van der Waals surface area contributed by atoms with Crippen molar-refractivity contribution in [3.63, 3.8) is 0 Å². The number of nitrogens with two attached hydrogens (primary N) is 1. The molecular weight excluding hydrogens is 234 g/mol. The van der Waals surface area contributed by atoms with Crippen molar-refractivity contribution in [2.45, 2.75) is 0 Å². The lowest BCUT2D eigenvalue weighted by atomic mass is 10.2. The zero-order valence-corrected chi connectivity index (χ0v) is 9.74. The minimum atomic E-state index is -0.491. The van der Waals surface area contributed by atoms with Crippen LogP contribution in [0, 0.1) is 0 Å². The van der Waals surface area contributed by atoms with E-state index in [1.807, 2.05) is 0 Å². The number of aromatic nitrogens is 3. The third kappa shape index (κ3) is 1.68. The smallest absolute Gasteiger partial charge is 0.252 e. The van der Waals surface area contributed by atoms with Crippen LogP contribution < -0.4 is 10.6 Å². The fourth-order valence-electron chi connectivity index (χ4n) is 2.14. The summed E-state index contributed by atoms with van der Waals surface area (Å²) in [5.74, 6) is -0.491. The second-order valence-corrected chi connectivity index (χ2v) is 4.07. The Morgan fingerprint density at radius 3 is 2.89 bits per heavy atom. The minimum absolute atomic E-state index is 0.399. The first-order valence-corrected chi connectivity index (χ1v) is 5.72. The number of hydrogen-bond donors (Lipinski definition) is 1. The lowest BCUT2D eigenvalue weighted by Gasteiger charge is -2.29. The lowest BCUT2D eigenvalue weighted by molar-refractivity contribution is 0.0998. The molecule has 0 spiro atoms. The van der Waals surface area contributed by atoms with E-state index in [4.69, 9.17) is 10.5 Å². The number of ether oxygens (including phenoxy) is 1. The van der Waals surface area contributed by atoms with Gasteiger partial charge < -0.3 is 15.4 Å². The maximum atomic E-state index is 11.5. The fraction of sp³-hybridized carbons (Fsp3) is 0.364.